The van der Waals surface area contributed by atoms with Crippen molar-refractivity contribution in [3.8, 4) is 5.19 Å². The number of hydrogen-bond acceptors (Lipinski definition) is 6. The number of hydrogen-bond donors (Lipinski definition) is 1. The molecule has 1 aliphatic carbocycles. The molecule has 0 radical (unpaired) electrons. The predicted octanol–water partition coefficient (Wildman–Crippen LogP) is 4.20. The molecular weight excluding hydrogens is 460 g/mol. The van der Waals surface area contributed by atoms with Gasteiger partial charge in [0.2, 0.25) is 5.91 Å². The first-order valence-electron chi connectivity index (χ1n) is 12.2. The summed E-state index contributed by atoms with van der Waals surface area (Å²) in [5.74, 6) is -2.06. The number of carbonyl (C=O) groups is 1. The predicted molar refractivity (Wildman–Crippen MR) is 127 cm³/mol. The third-order valence-electron chi connectivity index (χ3n) is 6.78. The molecule has 0 bridgehead atoms. The quantitative estimate of drug-likeness (QED) is 0.535. The summed E-state index contributed by atoms with van der Waals surface area (Å²) in [6.45, 7) is 5.59. The van der Waals surface area contributed by atoms with Gasteiger partial charge in [-0.1, -0.05) is 11.3 Å². The molecule has 1 N–H and O–H groups in total. The van der Waals surface area contributed by atoms with E-state index in [0.29, 0.717) is 24.1 Å². The van der Waals surface area contributed by atoms with Gasteiger partial charge in [0.05, 0.1) is 5.69 Å². The highest BCUT2D eigenvalue weighted by atomic mass is 32.1. The van der Waals surface area contributed by atoms with Crippen LogP contribution in [-0.2, 0) is 24.3 Å². The molecule has 2 aromatic rings. The van der Waals surface area contributed by atoms with Crippen LogP contribution >= 0.6 is 11.3 Å². The second-order valence-electron chi connectivity index (χ2n) is 9.75. The molecule has 2 aliphatic rings. The first-order chi connectivity index (χ1) is 16.2. The number of thiazole rings is 1. The van der Waals surface area contributed by atoms with Gasteiger partial charge in [-0.15, -0.1) is 0 Å². The van der Waals surface area contributed by atoms with Gasteiger partial charge in [0, 0.05) is 55.8 Å². The van der Waals surface area contributed by atoms with Crippen molar-refractivity contribution < 1.29 is 18.3 Å². The maximum absolute atomic E-state index is 13.0. The molecule has 10 heteroatoms. The van der Waals surface area contributed by atoms with Crippen LogP contribution < -0.4 is 10.1 Å². The number of ether oxygens (including phenoxy) is 1. The molecule has 4 rings (SSSR count). The van der Waals surface area contributed by atoms with Crippen molar-refractivity contribution in [1.82, 2.24) is 25.0 Å². The molecule has 1 fully saturated rings. The lowest BCUT2D eigenvalue weighted by molar-refractivity contribution is -0.122. The van der Waals surface area contributed by atoms with E-state index in [-0.39, 0.29) is 11.9 Å². The summed E-state index contributed by atoms with van der Waals surface area (Å²) in [4.78, 5) is 20.3. The van der Waals surface area contributed by atoms with Crippen LogP contribution in [0.4, 0.5) is 8.78 Å². The third-order valence-corrected chi connectivity index (χ3v) is 7.85. The lowest BCUT2D eigenvalue weighted by Gasteiger charge is -2.32. The van der Waals surface area contributed by atoms with E-state index >= 15 is 0 Å². The van der Waals surface area contributed by atoms with Crippen molar-refractivity contribution in [3.63, 3.8) is 0 Å². The molecule has 1 saturated carbocycles. The number of nitrogens with zero attached hydrogens (tertiary/aromatic N) is 4. The lowest BCUT2D eigenvalue weighted by Crippen LogP contribution is -2.38. The van der Waals surface area contributed by atoms with Crippen LogP contribution in [-0.4, -0.2) is 57.2 Å². The van der Waals surface area contributed by atoms with Crippen LogP contribution in [0.15, 0.2) is 12.3 Å². The SMILES string of the molecule is Cc1ccnn1CCC(=O)NC1CCC(CCN2CCc3sc(OCC(C)(F)F)nc3C2)CC1. The Morgan fingerprint density at radius 2 is 2.09 bits per heavy atom. The van der Waals surface area contributed by atoms with Crippen LogP contribution in [0.1, 0.15) is 61.7 Å². The minimum Gasteiger partial charge on any atom is -0.464 e. The number of fused-ring (bicyclic) bond motifs is 1. The molecule has 0 unspecified atom stereocenters. The number of rotatable bonds is 10. The van der Waals surface area contributed by atoms with Gasteiger partial charge >= 0.3 is 0 Å². The molecule has 1 aliphatic heterocycles. The largest absolute Gasteiger partial charge is 0.464 e. The number of aromatic nitrogens is 3. The number of amides is 1. The summed E-state index contributed by atoms with van der Waals surface area (Å²) in [6.07, 6.45) is 8.62. The smallest absolute Gasteiger partial charge is 0.278 e. The fourth-order valence-corrected chi connectivity index (χ4v) is 5.68. The topological polar surface area (TPSA) is 72.3 Å². The number of aryl methyl sites for hydroxylation is 2. The Morgan fingerprint density at radius 3 is 2.79 bits per heavy atom. The average molecular weight is 496 g/mol. The van der Waals surface area contributed by atoms with Gasteiger partial charge in [0.1, 0.15) is 0 Å². The Bertz CT molecular complexity index is 950. The summed E-state index contributed by atoms with van der Waals surface area (Å²) in [5, 5.41) is 7.79. The molecule has 3 heterocycles. The number of nitrogens with one attached hydrogen (secondary N) is 1. The highest BCUT2D eigenvalue weighted by Crippen LogP contribution is 2.32. The van der Waals surface area contributed by atoms with Crippen molar-refractivity contribution >= 4 is 17.2 Å². The number of carbonyl (C=O) groups excluding carboxylic acids is 1. The van der Waals surface area contributed by atoms with Crippen molar-refractivity contribution in [2.75, 3.05) is 19.7 Å². The molecule has 0 spiro atoms. The van der Waals surface area contributed by atoms with E-state index in [0.717, 1.165) is 81.3 Å². The van der Waals surface area contributed by atoms with Gasteiger partial charge in [0.25, 0.3) is 11.1 Å². The van der Waals surface area contributed by atoms with E-state index in [4.69, 9.17) is 4.74 Å². The van der Waals surface area contributed by atoms with Crippen LogP contribution in [0.25, 0.3) is 0 Å². The van der Waals surface area contributed by atoms with E-state index in [1.165, 1.54) is 11.3 Å². The second-order valence-corrected chi connectivity index (χ2v) is 10.8. The first-order valence-corrected chi connectivity index (χ1v) is 13.1. The van der Waals surface area contributed by atoms with Crippen molar-refractivity contribution in [2.45, 2.75) is 83.8 Å². The highest BCUT2D eigenvalue weighted by molar-refractivity contribution is 7.13. The monoisotopic (exact) mass is 495 g/mol. The molecule has 0 aromatic carbocycles. The van der Waals surface area contributed by atoms with Gasteiger partial charge in [-0.25, -0.2) is 13.8 Å². The fourth-order valence-electron chi connectivity index (χ4n) is 4.77. The fraction of sp³-hybridized carbons (Fsp3) is 0.708. The molecular formula is C24H35F2N5O2S. The first kappa shape index (κ1) is 25.0. The van der Waals surface area contributed by atoms with Crippen LogP contribution in [0.2, 0.25) is 0 Å². The van der Waals surface area contributed by atoms with Gasteiger partial charge < -0.3 is 10.1 Å². The lowest BCUT2D eigenvalue weighted by atomic mass is 9.84. The zero-order valence-electron chi connectivity index (χ0n) is 20.1. The summed E-state index contributed by atoms with van der Waals surface area (Å²) in [6, 6.07) is 2.23. The van der Waals surface area contributed by atoms with Crippen LogP contribution in [0.5, 0.6) is 5.19 Å². The summed E-state index contributed by atoms with van der Waals surface area (Å²) < 4.78 is 33.1. The minimum absolute atomic E-state index is 0.108. The van der Waals surface area contributed by atoms with E-state index < -0.39 is 12.5 Å². The number of alkyl halides is 2. The normalized spacial score (nSPS) is 21.3. The second kappa shape index (κ2) is 11.1. The van der Waals surface area contributed by atoms with Gasteiger partial charge in [-0.2, -0.15) is 5.10 Å². The molecule has 0 saturated heterocycles. The third kappa shape index (κ3) is 7.21. The van der Waals surface area contributed by atoms with E-state index in [2.05, 4.69) is 20.3 Å². The Kier molecular flexibility index (Phi) is 8.18. The Labute approximate surface area is 203 Å². The molecule has 0 atom stereocenters. The van der Waals surface area contributed by atoms with Gasteiger partial charge in [-0.3, -0.25) is 14.4 Å². The molecule has 2 aromatic heterocycles. The van der Waals surface area contributed by atoms with Crippen molar-refractivity contribution in [1.29, 1.82) is 0 Å². The summed E-state index contributed by atoms with van der Waals surface area (Å²) in [7, 11) is 0. The average Bonchev–Trinajstić information content (AvgIpc) is 3.40. The Morgan fingerprint density at radius 1 is 1.29 bits per heavy atom. The van der Waals surface area contributed by atoms with Crippen molar-refractivity contribution in [2.24, 2.45) is 5.92 Å². The highest BCUT2D eigenvalue weighted by Gasteiger charge is 2.27. The van der Waals surface area contributed by atoms with Crippen LogP contribution in [0, 0.1) is 12.8 Å². The summed E-state index contributed by atoms with van der Waals surface area (Å²) >= 11 is 1.40. The molecule has 34 heavy (non-hydrogen) atoms. The zero-order chi connectivity index (χ0) is 24.1. The van der Waals surface area contributed by atoms with E-state index in [9.17, 15) is 13.6 Å². The standard InChI is InChI=1S/C24H35F2N5O2S/c1-17-7-11-27-31(17)14-10-22(32)28-19-5-3-18(4-6-19)8-12-30-13-9-21-20(15-30)29-23(34-21)33-16-24(2,25)26/h7,11,18-19H,3-6,8-10,12-16H2,1-2H3,(H,28,32). The van der Waals surface area contributed by atoms with E-state index in [1.807, 2.05) is 17.7 Å². The molecule has 7 nitrogen and oxygen atoms in total. The number of halogens is 2. The Hall–Kier alpha value is -2.07. The maximum atomic E-state index is 13.0. The van der Waals surface area contributed by atoms with E-state index in [1.54, 1.807) is 6.20 Å². The molecule has 188 valence electrons. The molecule has 1 amide bonds. The van der Waals surface area contributed by atoms with Crippen molar-refractivity contribution in [3.05, 3.63) is 28.5 Å². The van der Waals surface area contributed by atoms with Gasteiger partial charge in [0.15, 0.2) is 6.61 Å². The summed E-state index contributed by atoms with van der Waals surface area (Å²) in [5.41, 5.74) is 2.05. The maximum Gasteiger partial charge on any atom is 0.278 e. The Balaban J connectivity index is 1.13. The van der Waals surface area contributed by atoms with Crippen LogP contribution in [0.3, 0.4) is 0 Å². The van der Waals surface area contributed by atoms with Gasteiger partial charge in [-0.05, 0) is 64.0 Å². The minimum atomic E-state index is -2.85. The zero-order valence-corrected chi connectivity index (χ0v) is 20.9.